The molecule has 1 fully saturated rings. The highest BCUT2D eigenvalue weighted by atomic mass is 32.1. The third-order valence-corrected chi connectivity index (χ3v) is 3.56. The van der Waals surface area contributed by atoms with Crippen LogP contribution in [0.15, 0.2) is 12.1 Å². The van der Waals surface area contributed by atoms with E-state index in [1.54, 1.807) is 11.3 Å². The van der Waals surface area contributed by atoms with Gasteiger partial charge in [-0.3, -0.25) is 4.90 Å². The zero-order valence-electron chi connectivity index (χ0n) is 8.52. The Kier molecular flexibility index (Phi) is 3.37. The number of hydrogen-bond donors (Lipinski definition) is 1. The second-order valence-electron chi connectivity index (χ2n) is 3.80. The van der Waals surface area contributed by atoms with Crippen LogP contribution in [-0.4, -0.2) is 29.2 Å². The topological polar surface area (TPSA) is 47.3 Å². The summed E-state index contributed by atoms with van der Waals surface area (Å²) in [4.78, 5) is 4.28. The average Bonchev–Trinajstić information content (AvgIpc) is 2.99. The van der Waals surface area contributed by atoms with Gasteiger partial charge in [0.2, 0.25) is 0 Å². The summed E-state index contributed by atoms with van der Waals surface area (Å²) in [5.41, 5.74) is 0. The minimum atomic E-state index is 0.215. The molecule has 0 atom stereocenters. The highest BCUT2D eigenvalue weighted by Gasteiger charge is 2.28. The Bertz CT molecular complexity index is 365. The van der Waals surface area contributed by atoms with Gasteiger partial charge in [-0.25, -0.2) is 0 Å². The molecule has 1 saturated carbocycles. The summed E-state index contributed by atoms with van der Waals surface area (Å²) >= 11 is 1.55. The van der Waals surface area contributed by atoms with Crippen molar-refractivity contribution in [3.8, 4) is 6.07 Å². The van der Waals surface area contributed by atoms with E-state index in [-0.39, 0.29) is 6.61 Å². The quantitative estimate of drug-likeness (QED) is 0.822. The molecule has 0 spiro atoms. The van der Waals surface area contributed by atoms with Crippen LogP contribution in [-0.2, 0) is 6.54 Å². The molecule has 2 rings (SSSR count). The number of nitriles is 1. The van der Waals surface area contributed by atoms with E-state index in [9.17, 15) is 0 Å². The van der Waals surface area contributed by atoms with E-state index in [4.69, 9.17) is 10.4 Å². The van der Waals surface area contributed by atoms with Gasteiger partial charge in [-0.1, -0.05) is 0 Å². The van der Waals surface area contributed by atoms with Crippen molar-refractivity contribution in [1.29, 1.82) is 5.26 Å². The number of thiophene rings is 1. The lowest BCUT2D eigenvalue weighted by Crippen LogP contribution is -2.28. The summed E-state index contributed by atoms with van der Waals surface area (Å²) < 4.78 is 0. The molecule has 1 aromatic heterocycles. The largest absolute Gasteiger partial charge is 0.395 e. The van der Waals surface area contributed by atoms with Crippen LogP contribution >= 0.6 is 11.3 Å². The Morgan fingerprint density at radius 1 is 1.53 bits per heavy atom. The molecular formula is C11H14N2OS. The minimum Gasteiger partial charge on any atom is -0.395 e. The lowest BCUT2D eigenvalue weighted by Gasteiger charge is -2.19. The maximum atomic E-state index is 8.95. The van der Waals surface area contributed by atoms with Gasteiger partial charge in [0.05, 0.1) is 6.61 Å². The van der Waals surface area contributed by atoms with E-state index in [0.717, 1.165) is 18.0 Å². The number of aliphatic hydroxyl groups excluding tert-OH is 1. The summed E-state index contributed by atoms with van der Waals surface area (Å²) in [6, 6.07) is 6.68. The van der Waals surface area contributed by atoms with Gasteiger partial charge in [0.25, 0.3) is 0 Å². The molecule has 0 radical (unpaired) electrons. The summed E-state index contributed by atoms with van der Waals surface area (Å²) in [6.07, 6.45) is 2.49. The predicted molar refractivity (Wildman–Crippen MR) is 59.6 cm³/mol. The predicted octanol–water partition coefficient (Wildman–Crippen LogP) is 1.58. The van der Waals surface area contributed by atoms with Crippen LogP contribution in [0.2, 0.25) is 0 Å². The smallest absolute Gasteiger partial charge is 0.110 e. The molecule has 1 N–H and O–H groups in total. The van der Waals surface area contributed by atoms with Gasteiger partial charge in [0.1, 0.15) is 10.9 Å². The molecule has 1 aliphatic rings. The summed E-state index contributed by atoms with van der Waals surface area (Å²) in [5, 5.41) is 17.7. The fourth-order valence-electron chi connectivity index (χ4n) is 1.68. The Morgan fingerprint density at radius 2 is 2.33 bits per heavy atom. The summed E-state index contributed by atoms with van der Waals surface area (Å²) in [5.74, 6) is 0. The normalized spacial score (nSPS) is 15.5. The monoisotopic (exact) mass is 222 g/mol. The summed E-state index contributed by atoms with van der Waals surface area (Å²) in [6.45, 7) is 1.83. The van der Waals surface area contributed by atoms with Crippen LogP contribution in [0, 0.1) is 11.3 Å². The third-order valence-electron chi connectivity index (χ3n) is 2.58. The second kappa shape index (κ2) is 4.75. The molecule has 80 valence electrons. The zero-order chi connectivity index (χ0) is 10.7. The second-order valence-corrected chi connectivity index (χ2v) is 4.97. The number of hydrogen-bond acceptors (Lipinski definition) is 4. The lowest BCUT2D eigenvalue weighted by atomic mass is 10.4. The fourth-order valence-corrected chi connectivity index (χ4v) is 2.51. The van der Waals surface area contributed by atoms with E-state index >= 15 is 0 Å². The third kappa shape index (κ3) is 2.78. The van der Waals surface area contributed by atoms with Crippen LogP contribution in [0.1, 0.15) is 22.6 Å². The van der Waals surface area contributed by atoms with Crippen LogP contribution < -0.4 is 0 Å². The first-order valence-electron chi connectivity index (χ1n) is 5.17. The van der Waals surface area contributed by atoms with Gasteiger partial charge in [-0.05, 0) is 25.0 Å². The van der Waals surface area contributed by atoms with Crippen molar-refractivity contribution in [1.82, 2.24) is 4.90 Å². The van der Waals surface area contributed by atoms with E-state index in [2.05, 4.69) is 11.0 Å². The summed E-state index contributed by atoms with van der Waals surface area (Å²) in [7, 11) is 0. The van der Waals surface area contributed by atoms with Crippen molar-refractivity contribution in [2.45, 2.75) is 25.4 Å². The molecule has 4 heteroatoms. The highest BCUT2D eigenvalue weighted by Crippen LogP contribution is 2.29. The van der Waals surface area contributed by atoms with Crippen LogP contribution in [0.25, 0.3) is 0 Å². The van der Waals surface area contributed by atoms with Crippen molar-refractivity contribution in [3.05, 3.63) is 21.9 Å². The van der Waals surface area contributed by atoms with Gasteiger partial charge in [0.15, 0.2) is 0 Å². The molecule has 1 aromatic rings. The standard InChI is InChI=1S/C11H14N2OS/c12-7-10-3-4-11(15-10)8-13(5-6-14)9-1-2-9/h3-4,9,14H,1-2,5-6,8H2. The van der Waals surface area contributed by atoms with Crippen LogP contribution in [0.3, 0.4) is 0 Å². The first-order valence-corrected chi connectivity index (χ1v) is 5.99. The molecule has 0 bridgehead atoms. The minimum absolute atomic E-state index is 0.215. The molecule has 0 unspecified atom stereocenters. The van der Waals surface area contributed by atoms with E-state index in [0.29, 0.717) is 6.04 Å². The SMILES string of the molecule is N#Cc1ccc(CN(CCO)C2CC2)s1. The van der Waals surface area contributed by atoms with Gasteiger partial charge >= 0.3 is 0 Å². The zero-order valence-corrected chi connectivity index (χ0v) is 9.33. The first-order chi connectivity index (χ1) is 7.33. The maximum Gasteiger partial charge on any atom is 0.110 e. The van der Waals surface area contributed by atoms with Crippen LogP contribution in [0.5, 0.6) is 0 Å². The Hall–Kier alpha value is -0.890. The van der Waals surface area contributed by atoms with E-state index < -0.39 is 0 Å². The van der Waals surface area contributed by atoms with Crippen molar-refractivity contribution in [2.75, 3.05) is 13.2 Å². The van der Waals surface area contributed by atoms with Crippen molar-refractivity contribution < 1.29 is 5.11 Å². The van der Waals surface area contributed by atoms with Crippen LogP contribution in [0.4, 0.5) is 0 Å². The molecule has 0 amide bonds. The van der Waals surface area contributed by atoms with Crippen molar-refractivity contribution >= 4 is 11.3 Å². The Labute approximate surface area is 93.6 Å². The van der Waals surface area contributed by atoms with Crippen molar-refractivity contribution in [3.63, 3.8) is 0 Å². The fraction of sp³-hybridized carbons (Fsp3) is 0.545. The maximum absolute atomic E-state index is 8.95. The van der Waals surface area contributed by atoms with Gasteiger partial charge in [-0.2, -0.15) is 5.26 Å². The molecule has 1 heterocycles. The molecule has 0 saturated heterocycles. The van der Waals surface area contributed by atoms with E-state index in [1.165, 1.54) is 17.7 Å². The van der Waals surface area contributed by atoms with Crippen molar-refractivity contribution in [2.24, 2.45) is 0 Å². The molecule has 15 heavy (non-hydrogen) atoms. The highest BCUT2D eigenvalue weighted by molar-refractivity contribution is 7.12. The molecule has 3 nitrogen and oxygen atoms in total. The number of nitrogens with zero attached hydrogens (tertiary/aromatic N) is 2. The average molecular weight is 222 g/mol. The lowest BCUT2D eigenvalue weighted by molar-refractivity contribution is 0.184. The molecular weight excluding hydrogens is 208 g/mol. The van der Waals surface area contributed by atoms with E-state index in [1.807, 2.05) is 12.1 Å². The molecule has 0 aliphatic heterocycles. The van der Waals surface area contributed by atoms with Gasteiger partial charge in [0, 0.05) is 24.0 Å². The number of aliphatic hydroxyl groups is 1. The van der Waals surface area contributed by atoms with Gasteiger partial charge in [-0.15, -0.1) is 11.3 Å². The van der Waals surface area contributed by atoms with Gasteiger partial charge < -0.3 is 5.11 Å². The Morgan fingerprint density at radius 3 is 2.87 bits per heavy atom. The molecule has 0 aromatic carbocycles. The molecule has 1 aliphatic carbocycles. The first kappa shape index (κ1) is 10.6. The number of rotatable bonds is 5. The Balaban J connectivity index is 1.96.